The van der Waals surface area contributed by atoms with Gasteiger partial charge in [-0.3, -0.25) is 15.2 Å². The molecule has 0 spiro atoms. The number of nitrogens with zero attached hydrogens (tertiary/aromatic N) is 2. The van der Waals surface area contributed by atoms with Crippen LogP contribution < -0.4 is 16.0 Å². The Kier molecular flexibility index (Phi) is 2.96. The molecule has 0 amide bonds. The normalized spacial score (nSPS) is 38.2. The van der Waals surface area contributed by atoms with E-state index in [1.807, 2.05) is 0 Å². The van der Waals surface area contributed by atoms with Crippen molar-refractivity contribution < 1.29 is 0 Å². The van der Waals surface area contributed by atoms with Gasteiger partial charge in [-0.1, -0.05) is 13.3 Å². The molecule has 2 saturated heterocycles. The molecule has 3 N–H and O–H groups in total. The second-order valence-electron chi connectivity index (χ2n) is 5.56. The van der Waals surface area contributed by atoms with E-state index in [9.17, 15) is 0 Å². The summed E-state index contributed by atoms with van der Waals surface area (Å²) in [5, 5.41) is 10.4. The fourth-order valence-corrected chi connectivity index (χ4v) is 2.67. The van der Waals surface area contributed by atoms with Gasteiger partial charge < -0.3 is 10.6 Å². The Labute approximate surface area is 103 Å². The summed E-state index contributed by atoms with van der Waals surface area (Å²) in [7, 11) is 0. The van der Waals surface area contributed by atoms with E-state index in [-0.39, 0.29) is 5.79 Å². The second-order valence-corrected chi connectivity index (χ2v) is 5.56. The Morgan fingerprint density at radius 1 is 1.35 bits per heavy atom. The highest BCUT2D eigenvalue weighted by Crippen LogP contribution is 2.24. The van der Waals surface area contributed by atoms with E-state index in [0.29, 0.717) is 5.92 Å². The van der Waals surface area contributed by atoms with Crippen molar-refractivity contribution >= 4 is 5.96 Å². The Morgan fingerprint density at radius 2 is 2.12 bits per heavy atom. The minimum atomic E-state index is 0.00678. The molecule has 0 radical (unpaired) electrons. The monoisotopic (exact) mass is 237 g/mol. The predicted octanol–water partition coefficient (Wildman–Crippen LogP) is -0.0858. The lowest BCUT2D eigenvalue weighted by Crippen LogP contribution is -2.59. The molecule has 2 atom stereocenters. The number of hydrogen-bond donors (Lipinski definition) is 3. The van der Waals surface area contributed by atoms with Crippen molar-refractivity contribution in [3.05, 3.63) is 0 Å². The summed E-state index contributed by atoms with van der Waals surface area (Å²) in [5.74, 6) is 1.63. The lowest BCUT2D eigenvalue weighted by Gasteiger charge is -2.35. The Hall–Kier alpha value is -0.810. The maximum Gasteiger partial charge on any atom is 0.193 e. The van der Waals surface area contributed by atoms with Crippen LogP contribution in [0, 0.1) is 5.92 Å². The average Bonchev–Trinajstić information content (AvgIpc) is 3.15. The van der Waals surface area contributed by atoms with E-state index < -0.39 is 0 Å². The zero-order chi connectivity index (χ0) is 11.7. The van der Waals surface area contributed by atoms with Crippen molar-refractivity contribution in [3.63, 3.8) is 0 Å². The van der Waals surface area contributed by atoms with Crippen LogP contribution in [0.1, 0.15) is 26.2 Å². The predicted molar refractivity (Wildman–Crippen MR) is 68.8 cm³/mol. The van der Waals surface area contributed by atoms with Gasteiger partial charge in [0.25, 0.3) is 0 Å². The number of hydrogen-bond acceptors (Lipinski definition) is 5. The Morgan fingerprint density at radius 3 is 2.71 bits per heavy atom. The van der Waals surface area contributed by atoms with Gasteiger partial charge >= 0.3 is 0 Å². The molecule has 3 aliphatic heterocycles. The van der Waals surface area contributed by atoms with Gasteiger partial charge in [0, 0.05) is 32.7 Å². The Balaban J connectivity index is 1.60. The first-order chi connectivity index (χ1) is 8.28. The second kappa shape index (κ2) is 4.46. The largest absolute Gasteiger partial charge is 0.356 e. The molecule has 3 heterocycles. The Bertz CT molecular complexity index is 304. The lowest BCUT2D eigenvalue weighted by atomic mass is 10.1. The zero-order valence-corrected chi connectivity index (χ0v) is 10.6. The summed E-state index contributed by atoms with van der Waals surface area (Å²) in [6.45, 7) is 7.62. The highest BCUT2D eigenvalue weighted by Gasteiger charge is 2.48. The molecule has 0 aromatic heterocycles. The van der Waals surface area contributed by atoms with Crippen LogP contribution in [-0.2, 0) is 0 Å². The standard InChI is InChI=1S/C12H23N5/c1-10-7-13-11(14-8-10)16-12(9-15-12)17-5-3-2-4-6-17/h10,15H,2-9H2,1H3,(H2,13,14,16). The minimum absolute atomic E-state index is 0.00678. The van der Waals surface area contributed by atoms with Crippen LogP contribution in [0.5, 0.6) is 0 Å². The molecule has 0 aromatic rings. The SMILES string of the molecule is CC1CN=C(NC2(N3CCCCC3)CN2)NC1. The maximum atomic E-state index is 4.56. The third kappa shape index (κ3) is 2.40. The summed E-state index contributed by atoms with van der Waals surface area (Å²) in [6.07, 6.45) is 4.02. The molecule has 0 saturated carbocycles. The molecule has 96 valence electrons. The van der Waals surface area contributed by atoms with Gasteiger partial charge in [0.15, 0.2) is 11.7 Å². The van der Waals surface area contributed by atoms with E-state index in [1.165, 1.54) is 32.4 Å². The van der Waals surface area contributed by atoms with Crippen LogP contribution in [0.3, 0.4) is 0 Å². The van der Waals surface area contributed by atoms with Crippen molar-refractivity contribution in [2.75, 3.05) is 32.7 Å². The van der Waals surface area contributed by atoms with Gasteiger partial charge in [-0.2, -0.15) is 0 Å². The number of nitrogens with one attached hydrogen (secondary N) is 3. The van der Waals surface area contributed by atoms with Crippen molar-refractivity contribution in [2.45, 2.75) is 32.0 Å². The first-order valence-corrected chi connectivity index (χ1v) is 6.85. The topological polar surface area (TPSA) is 61.6 Å². The van der Waals surface area contributed by atoms with Gasteiger partial charge in [-0.25, -0.2) is 0 Å². The molecule has 3 rings (SSSR count). The number of rotatable bonds is 2. The van der Waals surface area contributed by atoms with Crippen molar-refractivity contribution in [2.24, 2.45) is 10.9 Å². The molecule has 0 aromatic carbocycles. The lowest BCUT2D eigenvalue weighted by molar-refractivity contribution is 0.129. The van der Waals surface area contributed by atoms with Gasteiger partial charge in [-0.15, -0.1) is 0 Å². The number of likely N-dealkylation sites (tertiary alicyclic amines) is 1. The van der Waals surface area contributed by atoms with Crippen LogP contribution in [-0.4, -0.2) is 49.4 Å². The minimum Gasteiger partial charge on any atom is -0.356 e. The molecule has 0 bridgehead atoms. The summed E-state index contributed by atoms with van der Waals surface area (Å²) in [4.78, 5) is 7.08. The fraction of sp³-hybridized carbons (Fsp3) is 0.917. The number of piperidine rings is 1. The summed E-state index contributed by atoms with van der Waals surface area (Å²) < 4.78 is 0. The van der Waals surface area contributed by atoms with Crippen LogP contribution in [0.4, 0.5) is 0 Å². The molecule has 0 aliphatic carbocycles. The van der Waals surface area contributed by atoms with Crippen LogP contribution in [0.2, 0.25) is 0 Å². The fourth-order valence-electron chi connectivity index (χ4n) is 2.67. The zero-order valence-electron chi connectivity index (χ0n) is 10.6. The summed E-state index contributed by atoms with van der Waals surface area (Å²) in [5.41, 5.74) is 0. The van der Waals surface area contributed by atoms with E-state index in [0.717, 1.165) is 25.6 Å². The van der Waals surface area contributed by atoms with Gasteiger partial charge in [0.1, 0.15) is 0 Å². The molecule has 2 fully saturated rings. The van der Waals surface area contributed by atoms with Crippen LogP contribution in [0.25, 0.3) is 0 Å². The van der Waals surface area contributed by atoms with Crippen LogP contribution >= 0.6 is 0 Å². The van der Waals surface area contributed by atoms with Gasteiger partial charge in [0.2, 0.25) is 0 Å². The van der Waals surface area contributed by atoms with Crippen molar-refractivity contribution in [3.8, 4) is 0 Å². The molecule has 17 heavy (non-hydrogen) atoms. The van der Waals surface area contributed by atoms with Crippen molar-refractivity contribution in [1.82, 2.24) is 20.9 Å². The average molecular weight is 237 g/mol. The van der Waals surface area contributed by atoms with Gasteiger partial charge in [-0.05, 0) is 18.8 Å². The first-order valence-electron chi connectivity index (χ1n) is 6.85. The molecular weight excluding hydrogens is 214 g/mol. The smallest absolute Gasteiger partial charge is 0.193 e. The molecule has 3 aliphatic rings. The van der Waals surface area contributed by atoms with E-state index >= 15 is 0 Å². The number of aliphatic imine (C=N–C) groups is 1. The summed E-state index contributed by atoms with van der Waals surface area (Å²) in [6, 6.07) is 0. The highest BCUT2D eigenvalue weighted by atomic mass is 15.6. The third-order valence-corrected chi connectivity index (χ3v) is 3.91. The molecule has 5 heteroatoms. The number of guanidine groups is 1. The first kappa shape index (κ1) is 11.3. The molecule has 2 unspecified atom stereocenters. The quantitative estimate of drug-likeness (QED) is 0.588. The van der Waals surface area contributed by atoms with E-state index in [2.05, 4.69) is 32.8 Å². The maximum absolute atomic E-state index is 4.56. The van der Waals surface area contributed by atoms with E-state index in [4.69, 9.17) is 0 Å². The van der Waals surface area contributed by atoms with Crippen LogP contribution in [0.15, 0.2) is 4.99 Å². The molecular formula is C12H23N5. The summed E-state index contributed by atoms with van der Waals surface area (Å²) >= 11 is 0. The van der Waals surface area contributed by atoms with Gasteiger partial charge in [0.05, 0.1) is 0 Å². The molecule has 5 nitrogen and oxygen atoms in total. The van der Waals surface area contributed by atoms with E-state index in [1.54, 1.807) is 0 Å². The highest BCUT2D eigenvalue weighted by molar-refractivity contribution is 5.81. The third-order valence-electron chi connectivity index (χ3n) is 3.91. The van der Waals surface area contributed by atoms with Crippen molar-refractivity contribution in [1.29, 1.82) is 0 Å².